The maximum atomic E-state index is 13.0. The van der Waals surface area contributed by atoms with Gasteiger partial charge in [0.25, 0.3) is 0 Å². The Balaban J connectivity index is 1.35. The second kappa shape index (κ2) is 8.51. The second-order valence-corrected chi connectivity index (χ2v) is 10.4. The van der Waals surface area contributed by atoms with Crippen LogP contribution >= 0.6 is 11.6 Å². The zero-order chi connectivity index (χ0) is 22.3. The van der Waals surface area contributed by atoms with Gasteiger partial charge in [0.1, 0.15) is 10.5 Å². The first kappa shape index (κ1) is 21.5. The average molecular weight is 475 g/mol. The Morgan fingerprint density at radius 1 is 1.09 bits per heavy atom. The van der Waals surface area contributed by atoms with Crippen LogP contribution in [0.1, 0.15) is 23.1 Å². The maximum absolute atomic E-state index is 13.0. The number of carbonyl (C=O) groups excluding carboxylic acids is 1. The van der Waals surface area contributed by atoms with Gasteiger partial charge in [-0.1, -0.05) is 11.6 Å². The number of benzene rings is 2. The van der Waals surface area contributed by atoms with E-state index in [4.69, 9.17) is 20.8 Å². The molecule has 32 heavy (non-hydrogen) atoms. The molecule has 1 aliphatic heterocycles. The second-order valence-electron chi connectivity index (χ2n) is 8.12. The molecule has 0 radical (unpaired) electrons. The molecule has 1 saturated heterocycles. The van der Waals surface area contributed by atoms with Crippen LogP contribution < -0.4 is 5.32 Å². The van der Waals surface area contributed by atoms with Crippen molar-refractivity contribution in [2.24, 2.45) is 0 Å². The molecule has 7 nitrogen and oxygen atoms in total. The largest absolute Gasteiger partial charge is 0.464 e. The molecule has 0 unspecified atom stereocenters. The summed E-state index contributed by atoms with van der Waals surface area (Å²) in [5, 5.41) is 3.86. The van der Waals surface area contributed by atoms with Gasteiger partial charge in [-0.2, -0.15) is 4.31 Å². The number of sulfonamides is 1. The Morgan fingerprint density at radius 3 is 2.62 bits per heavy atom. The fourth-order valence-corrected chi connectivity index (χ4v) is 6.28. The standard InChI is InChI=1S/C23H23ClN2O5S/c24-20-5-4-18(13-22(20)32(28,29)26-6-8-30-9-7-26)25-23(27)12-17-14-31-21-11-16-3-1-2-15(16)10-19(17)21/h4-5,10-11,13-14H,1-3,6-9,12H2,(H,25,27). The predicted molar refractivity (Wildman–Crippen MR) is 122 cm³/mol. The molecule has 5 rings (SSSR count). The van der Waals surface area contributed by atoms with E-state index in [9.17, 15) is 13.2 Å². The van der Waals surface area contributed by atoms with Crippen LogP contribution in [0.4, 0.5) is 5.69 Å². The number of hydrogen-bond donors (Lipinski definition) is 1. The first-order valence-electron chi connectivity index (χ1n) is 10.6. The zero-order valence-electron chi connectivity index (χ0n) is 17.4. The summed E-state index contributed by atoms with van der Waals surface area (Å²) >= 11 is 6.20. The quantitative estimate of drug-likeness (QED) is 0.608. The lowest BCUT2D eigenvalue weighted by molar-refractivity contribution is -0.115. The molecule has 3 aromatic rings. The molecule has 1 aliphatic carbocycles. The van der Waals surface area contributed by atoms with E-state index in [2.05, 4.69) is 17.4 Å². The molecule has 0 spiro atoms. The number of rotatable bonds is 5. The summed E-state index contributed by atoms with van der Waals surface area (Å²) in [7, 11) is -3.78. The molecule has 1 N–H and O–H groups in total. The van der Waals surface area contributed by atoms with Gasteiger partial charge in [0.2, 0.25) is 15.9 Å². The number of morpholine rings is 1. The minimum atomic E-state index is -3.78. The third-order valence-corrected chi connectivity index (χ3v) is 8.40. The summed E-state index contributed by atoms with van der Waals surface area (Å²) in [6.07, 6.45) is 5.00. The first-order chi connectivity index (χ1) is 15.4. The van der Waals surface area contributed by atoms with E-state index in [1.807, 2.05) is 0 Å². The number of hydrogen-bond acceptors (Lipinski definition) is 5. The maximum Gasteiger partial charge on any atom is 0.244 e. The Kier molecular flexibility index (Phi) is 5.71. The van der Waals surface area contributed by atoms with E-state index in [-0.39, 0.29) is 35.3 Å². The highest BCUT2D eigenvalue weighted by Crippen LogP contribution is 2.31. The molecule has 2 aromatic carbocycles. The molecule has 0 saturated carbocycles. The van der Waals surface area contributed by atoms with Crippen molar-refractivity contribution in [3.05, 3.63) is 58.3 Å². The minimum absolute atomic E-state index is 0.0248. The van der Waals surface area contributed by atoms with Crippen molar-refractivity contribution >= 4 is 44.2 Å². The van der Waals surface area contributed by atoms with E-state index in [0.717, 1.165) is 35.8 Å². The molecule has 9 heteroatoms. The monoisotopic (exact) mass is 474 g/mol. The minimum Gasteiger partial charge on any atom is -0.464 e. The SMILES string of the molecule is O=C(Cc1coc2cc3c(cc12)CCC3)Nc1ccc(Cl)c(S(=O)(=O)N2CCOCC2)c1. The van der Waals surface area contributed by atoms with Crippen molar-refractivity contribution in [1.82, 2.24) is 4.31 Å². The fourth-order valence-electron chi connectivity index (χ4n) is 4.37. The molecule has 1 aromatic heterocycles. The summed E-state index contributed by atoms with van der Waals surface area (Å²) in [5.41, 5.74) is 4.61. The molecule has 168 valence electrons. The molecule has 1 fully saturated rings. The lowest BCUT2D eigenvalue weighted by Crippen LogP contribution is -2.40. The van der Waals surface area contributed by atoms with Gasteiger partial charge in [0, 0.05) is 29.7 Å². The Morgan fingerprint density at radius 2 is 1.84 bits per heavy atom. The number of ether oxygens (including phenoxy) is 1. The van der Waals surface area contributed by atoms with Crippen LogP contribution in [-0.2, 0) is 38.8 Å². The highest BCUT2D eigenvalue weighted by Gasteiger charge is 2.28. The number of halogens is 1. The molecule has 2 aliphatic rings. The van der Waals surface area contributed by atoms with E-state index < -0.39 is 10.0 Å². The number of carbonyl (C=O) groups is 1. The van der Waals surface area contributed by atoms with Crippen LogP contribution in [0.5, 0.6) is 0 Å². The third-order valence-electron chi connectivity index (χ3n) is 6.02. The van der Waals surface area contributed by atoms with Crippen LogP contribution in [0, 0.1) is 0 Å². The number of nitrogens with zero attached hydrogens (tertiary/aromatic N) is 1. The van der Waals surface area contributed by atoms with Crippen molar-refractivity contribution in [2.75, 3.05) is 31.6 Å². The van der Waals surface area contributed by atoms with Crippen molar-refractivity contribution in [1.29, 1.82) is 0 Å². The van der Waals surface area contributed by atoms with E-state index in [1.54, 1.807) is 12.3 Å². The van der Waals surface area contributed by atoms with Crippen molar-refractivity contribution in [3.63, 3.8) is 0 Å². The molecule has 2 heterocycles. The highest BCUT2D eigenvalue weighted by molar-refractivity contribution is 7.89. The van der Waals surface area contributed by atoms with Crippen LogP contribution in [0.25, 0.3) is 11.0 Å². The molecular formula is C23H23ClN2O5S. The number of nitrogens with one attached hydrogen (secondary N) is 1. The van der Waals surface area contributed by atoms with Crippen molar-refractivity contribution < 1.29 is 22.4 Å². The highest BCUT2D eigenvalue weighted by atomic mass is 35.5. The molecule has 0 bridgehead atoms. The van der Waals surface area contributed by atoms with Gasteiger partial charge in [-0.15, -0.1) is 0 Å². The summed E-state index contributed by atoms with van der Waals surface area (Å²) in [4.78, 5) is 12.7. The van der Waals surface area contributed by atoms with E-state index >= 15 is 0 Å². The van der Waals surface area contributed by atoms with Crippen LogP contribution in [0.15, 0.2) is 45.9 Å². The zero-order valence-corrected chi connectivity index (χ0v) is 19.0. The molecule has 1 amide bonds. The number of aryl methyl sites for hydroxylation is 2. The lowest BCUT2D eigenvalue weighted by Gasteiger charge is -2.26. The van der Waals surface area contributed by atoms with Crippen LogP contribution in [0.3, 0.4) is 0 Å². The smallest absolute Gasteiger partial charge is 0.244 e. The van der Waals surface area contributed by atoms with Gasteiger partial charge >= 0.3 is 0 Å². The van der Waals surface area contributed by atoms with Gasteiger partial charge in [-0.3, -0.25) is 4.79 Å². The Bertz CT molecular complexity index is 1300. The number of anilines is 1. The topological polar surface area (TPSA) is 88.8 Å². The van der Waals surface area contributed by atoms with Gasteiger partial charge < -0.3 is 14.5 Å². The average Bonchev–Trinajstić information content (AvgIpc) is 3.40. The summed E-state index contributed by atoms with van der Waals surface area (Å²) in [5.74, 6) is -0.259. The van der Waals surface area contributed by atoms with E-state index in [0.29, 0.717) is 18.9 Å². The summed E-state index contributed by atoms with van der Waals surface area (Å²) in [6.45, 7) is 1.23. The van der Waals surface area contributed by atoms with Crippen LogP contribution in [0.2, 0.25) is 5.02 Å². The van der Waals surface area contributed by atoms with Gasteiger partial charge in [-0.05, 0) is 60.7 Å². The van der Waals surface area contributed by atoms with E-state index in [1.165, 1.54) is 27.6 Å². The molecular weight excluding hydrogens is 452 g/mol. The summed E-state index contributed by atoms with van der Waals surface area (Å²) < 4.78 is 38.3. The number of amides is 1. The number of fused-ring (bicyclic) bond motifs is 2. The first-order valence-corrected chi connectivity index (χ1v) is 12.4. The summed E-state index contributed by atoms with van der Waals surface area (Å²) in [6, 6.07) is 8.69. The van der Waals surface area contributed by atoms with Gasteiger partial charge in [0.15, 0.2) is 0 Å². The van der Waals surface area contributed by atoms with Crippen LogP contribution in [-0.4, -0.2) is 44.9 Å². The fraction of sp³-hybridized carbons (Fsp3) is 0.348. The van der Waals surface area contributed by atoms with Crippen molar-refractivity contribution in [2.45, 2.75) is 30.6 Å². The molecule has 0 atom stereocenters. The Labute approximate surface area is 191 Å². The van der Waals surface area contributed by atoms with Gasteiger partial charge in [0.05, 0.1) is 30.9 Å². The normalized spacial score (nSPS) is 16.9. The lowest BCUT2D eigenvalue weighted by atomic mass is 10.0. The third kappa shape index (κ3) is 4.03. The Hall–Kier alpha value is -2.39. The predicted octanol–water partition coefficient (Wildman–Crippen LogP) is 3.78. The van der Waals surface area contributed by atoms with Gasteiger partial charge in [-0.25, -0.2) is 8.42 Å². The van der Waals surface area contributed by atoms with Crippen molar-refractivity contribution in [3.8, 4) is 0 Å². The number of furan rings is 1.